The first-order chi connectivity index (χ1) is 23.3. The SMILES string of the molecule is c1cc(-c2ccc3c(c2)c2cc4ccccc4cc2c2nc4ccccc4n32)cc(-c2ccc3c4c(cccc24)-c2ccccc2-3)c1. The van der Waals surface area contributed by atoms with E-state index in [2.05, 4.69) is 162 Å². The third kappa shape index (κ3) is 3.42. The number of aromatic nitrogens is 2. The molecule has 10 aromatic rings. The maximum Gasteiger partial charge on any atom is 0.146 e. The Balaban J connectivity index is 1.15. The summed E-state index contributed by atoms with van der Waals surface area (Å²) in [6.07, 6.45) is 0. The van der Waals surface area contributed by atoms with E-state index < -0.39 is 0 Å². The Morgan fingerprint density at radius 3 is 1.89 bits per heavy atom. The lowest BCUT2D eigenvalue weighted by molar-refractivity contribution is 1.32. The van der Waals surface area contributed by atoms with Gasteiger partial charge in [0.05, 0.1) is 16.6 Å². The number of hydrogen-bond donors (Lipinski definition) is 0. The minimum atomic E-state index is 1.00. The highest BCUT2D eigenvalue weighted by atomic mass is 15.0. The van der Waals surface area contributed by atoms with Crippen molar-refractivity contribution >= 4 is 59.9 Å². The van der Waals surface area contributed by atoms with Crippen LogP contribution >= 0.6 is 0 Å². The summed E-state index contributed by atoms with van der Waals surface area (Å²) in [5, 5.41) is 8.76. The average molecular weight is 595 g/mol. The van der Waals surface area contributed by atoms with Gasteiger partial charge in [-0.15, -0.1) is 0 Å². The zero-order valence-electron chi connectivity index (χ0n) is 25.4. The molecule has 47 heavy (non-hydrogen) atoms. The molecule has 0 unspecified atom stereocenters. The third-order valence-electron chi connectivity index (χ3n) is 10.3. The van der Waals surface area contributed by atoms with Crippen LogP contribution in [0.4, 0.5) is 0 Å². The number of imidazole rings is 1. The van der Waals surface area contributed by atoms with Crippen molar-refractivity contribution in [3.63, 3.8) is 0 Å². The van der Waals surface area contributed by atoms with Gasteiger partial charge in [-0.2, -0.15) is 0 Å². The average Bonchev–Trinajstić information content (AvgIpc) is 3.69. The van der Waals surface area contributed by atoms with Gasteiger partial charge in [0.15, 0.2) is 0 Å². The van der Waals surface area contributed by atoms with Gasteiger partial charge in [0.25, 0.3) is 0 Å². The topological polar surface area (TPSA) is 17.3 Å². The number of para-hydroxylation sites is 2. The first-order valence-electron chi connectivity index (χ1n) is 16.2. The standard InChI is InChI=1S/C45H26N2/c1-2-10-29-26-40-38(24-28(29)9-1)39-25-30(19-22-42(39)47-43-18-6-5-17-41(43)46-45(40)47)27-11-7-12-31(23-27)32-20-21-37-34-14-4-3-13-33(34)36-16-8-15-35(32)44(36)37/h1-26H. The highest BCUT2D eigenvalue weighted by Gasteiger charge is 2.22. The van der Waals surface area contributed by atoms with Crippen LogP contribution in [0.15, 0.2) is 158 Å². The molecule has 0 spiro atoms. The summed E-state index contributed by atoms with van der Waals surface area (Å²) < 4.78 is 2.34. The van der Waals surface area contributed by atoms with E-state index in [9.17, 15) is 0 Å². The van der Waals surface area contributed by atoms with Crippen LogP contribution in [0.2, 0.25) is 0 Å². The zero-order valence-corrected chi connectivity index (χ0v) is 25.4. The fraction of sp³-hybridized carbons (Fsp3) is 0. The Morgan fingerprint density at radius 2 is 1.02 bits per heavy atom. The van der Waals surface area contributed by atoms with E-state index in [0.717, 1.165) is 16.7 Å². The van der Waals surface area contributed by atoms with Gasteiger partial charge < -0.3 is 0 Å². The van der Waals surface area contributed by atoms with Crippen LogP contribution in [-0.2, 0) is 0 Å². The molecule has 1 aliphatic rings. The second-order valence-electron chi connectivity index (χ2n) is 12.8. The quantitative estimate of drug-likeness (QED) is 0.144. The Kier molecular flexibility index (Phi) is 4.87. The highest BCUT2D eigenvalue weighted by molar-refractivity contribution is 6.20. The first kappa shape index (κ1) is 25.0. The van der Waals surface area contributed by atoms with Crippen molar-refractivity contribution in [2.75, 3.05) is 0 Å². The number of benzene rings is 8. The maximum atomic E-state index is 5.14. The summed E-state index contributed by atoms with van der Waals surface area (Å²) in [7, 11) is 0. The van der Waals surface area contributed by atoms with Gasteiger partial charge in [-0.25, -0.2) is 4.98 Å². The minimum absolute atomic E-state index is 1.00. The zero-order chi connectivity index (χ0) is 30.6. The molecule has 0 atom stereocenters. The molecule has 2 heterocycles. The van der Waals surface area contributed by atoms with Gasteiger partial charge >= 0.3 is 0 Å². The van der Waals surface area contributed by atoms with Crippen molar-refractivity contribution < 1.29 is 0 Å². The van der Waals surface area contributed by atoms with Crippen molar-refractivity contribution in [1.82, 2.24) is 9.38 Å². The molecular formula is C45H26N2. The lowest BCUT2D eigenvalue weighted by Crippen LogP contribution is -1.93. The van der Waals surface area contributed by atoms with Crippen LogP contribution < -0.4 is 0 Å². The molecule has 0 amide bonds. The van der Waals surface area contributed by atoms with Crippen LogP contribution in [0.25, 0.3) is 104 Å². The maximum absolute atomic E-state index is 5.14. The number of hydrogen-bond acceptors (Lipinski definition) is 1. The van der Waals surface area contributed by atoms with Crippen molar-refractivity contribution in [2.45, 2.75) is 0 Å². The molecule has 11 rings (SSSR count). The number of pyridine rings is 1. The highest BCUT2D eigenvalue weighted by Crippen LogP contribution is 2.49. The smallest absolute Gasteiger partial charge is 0.146 e. The molecule has 2 nitrogen and oxygen atoms in total. The molecule has 0 aliphatic heterocycles. The molecule has 0 fully saturated rings. The van der Waals surface area contributed by atoms with Gasteiger partial charge in [-0.3, -0.25) is 4.40 Å². The van der Waals surface area contributed by atoms with Crippen LogP contribution in [0, 0.1) is 0 Å². The van der Waals surface area contributed by atoms with Gasteiger partial charge in [0.2, 0.25) is 0 Å². The third-order valence-corrected chi connectivity index (χ3v) is 10.3. The largest absolute Gasteiger partial charge is 0.292 e. The molecule has 0 radical (unpaired) electrons. The van der Waals surface area contributed by atoms with Crippen molar-refractivity contribution in [2.24, 2.45) is 0 Å². The fourth-order valence-corrected chi connectivity index (χ4v) is 8.15. The van der Waals surface area contributed by atoms with Crippen LogP contribution in [0.3, 0.4) is 0 Å². The van der Waals surface area contributed by atoms with Crippen LogP contribution in [0.1, 0.15) is 0 Å². The summed E-state index contributed by atoms with van der Waals surface area (Å²) in [5.41, 5.74) is 14.6. The second kappa shape index (κ2) is 9.15. The minimum Gasteiger partial charge on any atom is -0.292 e. The predicted molar refractivity (Wildman–Crippen MR) is 198 cm³/mol. The molecule has 2 heteroatoms. The van der Waals surface area contributed by atoms with Gasteiger partial charge in [0.1, 0.15) is 5.65 Å². The lowest BCUT2D eigenvalue weighted by Gasteiger charge is -2.14. The normalized spacial score (nSPS) is 12.3. The van der Waals surface area contributed by atoms with Crippen LogP contribution in [-0.4, -0.2) is 9.38 Å². The molecule has 0 saturated heterocycles. The van der Waals surface area contributed by atoms with Crippen molar-refractivity contribution in [3.05, 3.63) is 158 Å². The Labute approximate surface area is 270 Å². The molecule has 8 aromatic carbocycles. The summed E-state index contributed by atoms with van der Waals surface area (Å²) in [4.78, 5) is 5.14. The molecule has 0 saturated carbocycles. The Hall–Kier alpha value is -6.25. The summed E-state index contributed by atoms with van der Waals surface area (Å²) in [5.74, 6) is 0. The van der Waals surface area contributed by atoms with E-state index >= 15 is 0 Å². The lowest BCUT2D eigenvalue weighted by atomic mass is 9.92. The van der Waals surface area contributed by atoms with Crippen molar-refractivity contribution in [1.29, 1.82) is 0 Å². The van der Waals surface area contributed by atoms with E-state index in [1.165, 1.54) is 87.7 Å². The Morgan fingerprint density at radius 1 is 0.362 bits per heavy atom. The van der Waals surface area contributed by atoms with Gasteiger partial charge in [0, 0.05) is 10.8 Å². The molecule has 2 aromatic heterocycles. The van der Waals surface area contributed by atoms with E-state index in [4.69, 9.17) is 4.98 Å². The Bertz CT molecular complexity index is 2930. The first-order valence-corrected chi connectivity index (χ1v) is 16.2. The number of fused-ring (bicyclic) bond motifs is 12. The fourth-order valence-electron chi connectivity index (χ4n) is 8.15. The van der Waals surface area contributed by atoms with Crippen LogP contribution in [0.5, 0.6) is 0 Å². The summed E-state index contributed by atoms with van der Waals surface area (Å²) >= 11 is 0. The predicted octanol–water partition coefficient (Wildman–Crippen LogP) is 12.1. The number of rotatable bonds is 2. The summed E-state index contributed by atoms with van der Waals surface area (Å²) in [6.45, 7) is 0. The van der Waals surface area contributed by atoms with E-state index in [-0.39, 0.29) is 0 Å². The monoisotopic (exact) mass is 594 g/mol. The van der Waals surface area contributed by atoms with E-state index in [1.54, 1.807) is 0 Å². The number of nitrogens with zero attached hydrogens (tertiary/aromatic N) is 2. The molecule has 1 aliphatic carbocycles. The molecule has 216 valence electrons. The second-order valence-corrected chi connectivity index (χ2v) is 12.8. The molecular weight excluding hydrogens is 569 g/mol. The van der Waals surface area contributed by atoms with Gasteiger partial charge in [-0.05, 0) is 114 Å². The van der Waals surface area contributed by atoms with Crippen molar-refractivity contribution in [3.8, 4) is 44.5 Å². The summed E-state index contributed by atoms with van der Waals surface area (Å²) in [6, 6.07) is 57.9. The van der Waals surface area contributed by atoms with Gasteiger partial charge in [-0.1, -0.05) is 115 Å². The molecule has 0 N–H and O–H groups in total. The van der Waals surface area contributed by atoms with E-state index in [1.807, 2.05) is 0 Å². The molecule has 0 bridgehead atoms. The van der Waals surface area contributed by atoms with E-state index in [0.29, 0.717) is 0 Å².